The monoisotopic (exact) mass is 420 g/mol. The second-order valence-electron chi connectivity index (χ2n) is 8.36. The number of carbonyl (C=O) groups excluding carboxylic acids is 1. The van der Waals surface area contributed by atoms with Crippen molar-refractivity contribution in [3.63, 3.8) is 0 Å². The normalized spacial score (nSPS) is 22.5. The highest BCUT2D eigenvalue weighted by Crippen LogP contribution is 2.40. The number of rotatable bonds is 6. The van der Waals surface area contributed by atoms with Crippen molar-refractivity contribution in [2.75, 3.05) is 0 Å². The lowest BCUT2D eigenvalue weighted by molar-refractivity contribution is -0.136. The molecule has 160 valence electrons. The van der Waals surface area contributed by atoms with Crippen LogP contribution in [-0.4, -0.2) is 37.9 Å². The van der Waals surface area contributed by atoms with Gasteiger partial charge in [0.05, 0.1) is 18.4 Å². The van der Waals surface area contributed by atoms with Crippen LogP contribution in [0.15, 0.2) is 60.9 Å². The first-order chi connectivity index (χ1) is 15.2. The molecule has 1 amide bonds. The van der Waals surface area contributed by atoms with Crippen LogP contribution in [0.25, 0.3) is 0 Å². The molecule has 0 N–H and O–H groups in total. The molecule has 2 aliphatic heterocycles. The van der Waals surface area contributed by atoms with Gasteiger partial charge in [0.25, 0.3) is 0 Å². The van der Waals surface area contributed by atoms with Crippen molar-refractivity contribution in [1.29, 1.82) is 0 Å². The van der Waals surface area contributed by atoms with E-state index in [4.69, 9.17) is 4.74 Å². The van der Waals surface area contributed by atoms with Crippen LogP contribution in [0.3, 0.4) is 0 Å². The van der Waals surface area contributed by atoms with Gasteiger partial charge in [0.2, 0.25) is 5.91 Å². The largest absolute Gasteiger partial charge is 0.457 e. The van der Waals surface area contributed by atoms with Crippen molar-refractivity contribution in [1.82, 2.24) is 19.9 Å². The van der Waals surface area contributed by atoms with Gasteiger partial charge in [-0.15, -0.1) is 0 Å². The summed E-state index contributed by atoms with van der Waals surface area (Å²) in [4.78, 5) is 17.0. The number of halogens is 1. The van der Waals surface area contributed by atoms with Crippen LogP contribution in [0.1, 0.15) is 43.7 Å². The molecule has 0 spiro atoms. The summed E-state index contributed by atoms with van der Waals surface area (Å²) in [7, 11) is 0. The third-order valence-corrected chi connectivity index (χ3v) is 6.33. The number of aryl methyl sites for hydroxylation is 1. The first kappa shape index (κ1) is 19.7. The van der Waals surface area contributed by atoms with Crippen LogP contribution in [0.4, 0.5) is 4.39 Å². The maximum Gasteiger partial charge on any atom is 0.223 e. The summed E-state index contributed by atoms with van der Waals surface area (Å²) < 4.78 is 18.9. The van der Waals surface area contributed by atoms with Crippen LogP contribution in [0, 0.1) is 5.82 Å². The third-order valence-electron chi connectivity index (χ3n) is 6.33. The molecule has 3 heterocycles. The zero-order chi connectivity index (χ0) is 21.2. The van der Waals surface area contributed by atoms with Crippen LogP contribution in [0.5, 0.6) is 11.5 Å². The van der Waals surface area contributed by atoms with Crippen molar-refractivity contribution in [3.05, 3.63) is 72.3 Å². The summed E-state index contributed by atoms with van der Waals surface area (Å²) in [6, 6.07) is 14.6. The number of ether oxygens (including phenoxy) is 1. The third kappa shape index (κ3) is 4.31. The Kier molecular flexibility index (Phi) is 5.40. The Morgan fingerprint density at radius 1 is 0.968 bits per heavy atom. The molecule has 7 heteroatoms. The van der Waals surface area contributed by atoms with Crippen molar-refractivity contribution < 1.29 is 13.9 Å². The molecule has 0 aliphatic carbocycles. The standard InChI is InChI=1S/C24H25FN4O2/c25-18-5-9-22(10-6-18)31-23-3-1-2-17(14-23)4-11-24(30)28-19-7-8-20(28)16-21(15-19)29-26-12-13-27-29/h1-3,5-6,9-10,12-14,19-21H,4,7-8,11,15-16H2. The summed E-state index contributed by atoms with van der Waals surface area (Å²) in [6.07, 6.45) is 8.57. The number of piperidine rings is 1. The fraction of sp³-hybridized carbons (Fsp3) is 0.375. The molecular formula is C24H25FN4O2. The van der Waals surface area contributed by atoms with Gasteiger partial charge >= 0.3 is 0 Å². The van der Waals surface area contributed by atoms with Crippen LogP contribution in [0.2, 0.25) is 0 Å². The Morgan fingerprint density at radius 3 is 2.39 bits per heavy atom. The second kappa shape index (κ2) is 8.49. The van der Waals surface area contributed by atoms with Crippen LogP contribution < -0.4 is 4.74 Å². The lowest BCUT2D eigenvalue weighted by atomic mass is 9.97. The number of hydrogen-bond acceptors (Lipinski definition) is 4. The minimum atomic E-state index is -0.293. The molecule has 2 aromatic carbocycles. The Hall–Kier alpha value is -3.22. The quantitative estimate of drug-likeness (QED) is 0.588. The second-order valence-corrected chi connectivity index (χ2v) is 8.36. The van der Waals surface area contributed by atoms with E-state index in [1.54, 1.807) is 29.3 Å². The number of aromatic nitrogens is 3. The van der Waals surface area contributed by atoms with E-state index < -0.39 is 0 Å². The average Bonchev–Trinajstić information content (AvgIpc) is 3.41. The van der Waals surface area contributed by atoms with E-state index in [0.717, 1.165) is 31.2 Å². The molecule has 5 rings (SSSR count). The number of benzene rings is 2. The molecule has 2 aliphatic rings. The van der Waals surface area contributed by atoms with Crippen molar-refractivity contribution >= 4 is 5.91 Å². The molecule has 1 aromatic heterocycles. The number of amides is 1. The molecule has 6 nitrogen and oxygen atoms in total. The summed E-state index contributed by atoms with van der Waals surface area (Å²) in [5.41, 5.74) is 1.05. The Bertz CT molecular complexity index is 1020. The van der Waals surface area contributed by atoms with Gasteiger partial charge in [0.1, 0.15) is 17.3 Å². The van der Waals surface area contributed by atoms with Gasteiger partial charge in [-0.3, -0.25) is 4.79 Å². The molecule has 3 aromatic rings. The Morgan fingerprint density at radius 2 is 1.68 bits per heavy atom. The zero-order valence-electron chi connectivity index (χ0n) is 17.2. The molecule has 0 radical (unpaired) electrons. The fourth-order valence-corrected chi connectivity index (χ4v) is 4.94. The van der Waals surface area contributed by atoms with Gasteiger partial charge in [-0.05, 0) is 74.1 Å². The Labute approximate surface area is 180 Å². The molecule has 31 heavy (non-hydrogen) atoms. The highest BCUT2D eigenvalue weighted by atomic mass is 19.1. The first-order valence-corrected chi connectivity index (χ1v) is 10.8. The summed E-state index contributed by atoms with van der Waals surface area (Å²) >= 11 is 0. The van der Waals surface area contributed by atoms with E-state index in [9.17, 15) is 9.18 Å². The number of fused-ring (bicyclic) bond motifs is 2. The molecule has 2 atom stereocenters. The summed E-state index contributed by atoms with van der Waals surface area (Å²) in [6.45, 7) is 0. The molecular weight excluding hydrogens is 395 g/mol. The minimum absolute atomic E-state index is 0.226. The predicted octanol–water partition coefficient (Wildman–Crippen LogP) is 4.54. The zero-order valence-corrected chi connectivity index (χ0v) is 17.2. The smallest absolute Gasteiger partial charge is 0.223 e. The maximum atomic E-state index is 13.1. The molecule has 2 fully saturated rings. The molecule has 2 bridgehead atoms. The van der Waals surface area contributed by atoms with Crippen molar-refractivity contribution in [3.8, 4) is 11.5 Å². The predicted molar refractivity (Wildman–Crippen MR) is 113 cm³/mol. The van der Waals surface area contributed by atoms with Gasteiger partial charge in [0.15, 0.2) is 0 Å². The molecule has 2 saturated heterocycles. The van der Waals surface area contributed by atoms with E-state index in [-0.39, 0.29) is 29.8 Å². The Balaban J connectivity index is 1.19. The average molecular weight is 420 g/mol. The van der Waals surface area contributed by atoms with Crippen molar-refractivity contribution in [2.45, 2.75) is 56.7 Å². The van der Waals surface area contributed by atoms with E-state index in [1.165, 1.54) is 12.1 Å². The summed E-state index contributed by atoms with van der Waals surface area (Å²) in [5, 5.41) is 8.59. The van der Waals surface area contributed by atoms with Gasteiger partial charge in [-0.25, -0.2) is 4.39 Å². The van der Waals surface area contributed by atoms with E-state index in [2.05, 4.69) is 15.1 Å². The highest BCUT2D eigenvalue weighted by molar-refractivity contribution is 5.77. The van der Waals surface area contributed by atoms with Crippen LogP contribution >= 0.6 is 0 Å². The van der Waals surface area contributed by atoms with Gasteiger partial charge < -0.3 is 9.64 Å². The van der Waals surface area contributed by atoms with Crippen molar-refractivity contribution in [2.24, 2.45) is 0 Å². The molecule has 2 unspecified atom stereocenters. The SMILES string of the molecule is O=C(CCc1cccc(Oc2ccc(F)cc2)c1)N1C2CCC1CC(n1nccn1)C2. The van der Waals surface area contributed by atoms with Gasteiger partial charge in [0, 0.05) is 18.5 Å². The van der Waals surface area contributed by atoms with Gasteiger partial charge in [-0.2, -0.15) is 15.0 Å². The molecule has 0 saturated carbocycles. The minimum Gasteiger partial charge on any atom is -0.457 e. The summed E-state index contributed by atoms with van der Waals surface area (Å²) in [5.74, 6) is 1.20. The lowest BCUT2D eigenvalue weighted by Crippen LogP contribution is -2.47. The van der Waals surface area contributed by atoms with E-state index >= 15 is 0 Å². The fourth-order valence-electron chi connectivity index (χ4n) is 4.94. The van der Waals surface area contributed by atoms with Gasteiger partial charge in [-0.1, -0.05) is 12.1 Å². The first-order valence-electron chi connectivity index (χ1n) is 10.8. The number of carbonyl (C=O) groups is 1. The van der Waals surface area contributed by atoms with E-state index in [1.807, 2.05) is 24.3 Å². The lowest BCUT2D eigenvalue weighted by Gasteiger charge is -2.38. The van der Waals surface area contributed by atoms with E-state index in [0.29, 0.717) is 24.3 Å². The number of nitrogens with zero attached hydrogens (tertiary/aromatic N) is 4. The highest BCUT2D eigenvalue weighted by Gasteiger charge is 2.43. The van der Waals surface area contributed by atoms with Crippen LogP contribution in [-0.2, 0) is 11.2 Å². The topological polar surface area (TPSA) is 60.2 Å². The number of hydrogen-bond donors (Lipinski definition) is 0. The maximum absolute atomic E-state index is 13.1.